The molecule has 1 amide bonds. The van der Waals surface area contributed by atoms with E-state index in [4.69, 9.17) is 10.6 Å². The van der Waals surface area contributed by atoms with E-state index in [0.29, 0.717) is 29.0 Å². The molecule has 0 atom stereocenters. The van der Waals surface area contributed by atoms with E-state index in [2.05, 4.69) is 31.7 Å². The number of nitrogens with two attached hydrogens (primary N) is 1. The summed E-state index contributed by atoms with van der Waals surface area (Å²) in [4.78, 5) is 16.1. The average molecular weight is 331 g/mol. The highest BCUT2D eigenvalue weighted by atomic mass is 79.9. The van der Waals surface area contributed by atoms with Crippen molar-refractivity contribution >= 4 is 27.7 Å². The van der Waals surface area contributed by atoms with E-state index in [9.17, 15) is 4.79 Å². The number of nitrogen functional groups attached to an aromatic ring is 1. The highest BCUT2D eigenvalue weighted by molar-refractivity contribution is 9.10. The van der Waals surface area contributed by atoms with Crippen LogP contribution in [0, 0.1) is 0 Å². The molecule has 0 bridgehead atoms. The second-order valence-corrected chi connectivity index (χ2v) is 5.49. The minimum atomic E-state index is -0.417. The number of hydrogen-bond acceptors (Lipinski definition) is 5. The zero-order valence-corrected chi connectivity index (χ0v) is 12.9. The average Bonchev–Trinajstić information content (AvgIpc) is 2.36. The Morgan fingerprint density at radius 3 is 2.84 bits per heavy atom. The molecule has 0 aliphatic carbocycles. The Morgan fingerprint density at radius 2 is 2.26 bits per heavy atom. The third-order valence-corrected chi connectivity index (χ3v) is 2.88. The molecule has 106 valence electrons. The fraction of sp³-hybridized carbons (Fsp3) is 0.500. The predicted molar refractivity (Wildman–Crippen MR) is 77.8 cm³/mol. The molecule has 0 aromatic carbocycles. The monoisotopic (exact) mass is 330 g/mol. The van der Waals surface area contributed by atoms with E-state index >= 15 is 0 Å². The molecule has 4 N–H and O–H groups in total. The predicted octanol–water partition coefficient (Wildman–Crippen LogP) is 1.67. The Balaban J connectivity index is 2.76. The molecule has 0 aliphatic heterocycles. The lowest BCUT2D eigenvalue weighted by Gasteiger charge is -2.25. The molecule has 7 heteroatoms. The Hall–Kier alpha value is -1.18. The first-order chi connectivity index (χ1) is 8.89. The van der Waals surface area contributed by atoms with Gasteiger partial charge in [0.15, 0.2) is 5.82 Å². The SMILES string of the molecule is CCOC(C)(C)CNC(=O)c1cc(Br)cnc1NN. The number of carbonyl (C=O) groups is 1. The smallest absolute Gasteiger partial charge is 0.255 e. The van der Waals surface area contributed by atoms with Crippen molar-refractivity contribution in [3.05, 3.63) is 22.3 Å². The van der Waals surface area contributed by atoms with Crippen LogP contribution >= 0.6 is 15.9 Å². The van der Waals surface area contributed by atoms with Gasteiger partial charge in [-0.15, -0.1) is 0 Å². The zero-order chi connectivity index (χ0) is 14.5. The maximum Gasteiger partial charge on any atom is 0.255 e. The fourth-order valence-electron chi connectivity index (χ4n) is 1.56. The summed E-state index contributed by atoms with van der Waals surface area (Å²) in [6.07, 6.45) is 1.57. The van der Waals surface area contributed by atoms with Crippen LogP contribution in [-0.4, -0.2) is 29.6 Å². The number of hydrazine groups is 1. The third kappa shape index (κ3) is 4.77. The second-order valence-electron chi connectivity index (χ2n) is 4.57. The highest BCUT2D eigenvalue weighted by Crippen LogP contribution is 2.17. The standard InChI is InChI=1S/C12H19BrN4O2/c1-4-19-12(2,3)7-16-11(18)9-5-8(13)6-15-10(9)17-14/h5-6H,4,7,14H2,1-3H3,(H,15,17)(H,16,18). The molecule has 6 nitrogen and oxygen atoms in total. The van der Waals surface area contributed by atoms with Crippen molar-refractivity contribution in [1.82, 2.24) is 10.3 Å². The second kappa shape index (κ2) is 6.83. The molecule has 1 heterocycles. The number of hydrogen-bond donors (Lipinski definition) is 3. The van der Waals surface area contributed by atoms with Crippen LogP contribution in [0.5, 0.6) is 0 Å². The minimum Gasteiger partial charge on any atom is -0.374 e. The van der Waals surface area contributed by atoms with Crippen LogP contribution in [0.2, 0.25) is 0 Å². The third-order valence-electron chi connectivity index (χ3n) is 2.45. The summed E-state index contributed by atoms with van der Waals surface area (Å²) < 4.78 is 6.22. The summed E-state index contributed by atoms with van der Waals surface area (Å²) in [7, 11) is 0. The van der Waals surface area contributed by atoms with Gasteiger partial charge in [0.1, 0.15) is 0 Å². The molecular formula is C12H19BrN4O2. The van der Waals surface area contributed by atoms with E-state index in [1.165, 1.54) is 0 Å². The van der Waals surface area contributed by atoms with Gasteiger partial charge in [0.2, 0.25) is 0 Å². The number of nitrogens with one attached hydrogen (secondary N) is 2. The molecule has 0 saturated heterocycles. The quantitative estimate of drug-likeness (QED) is 0.545. The summed E-state index contributed by atoms with van der Waals surface area (Å²) >= 11 is 3.27. The van der Waals surface area contributed by atoms with Gasteiger partial charge in [-0.25, -0.2) is 10.8 Å². The number of nitrogens with zero attached hydrogens (tertiary/aromatic N) is 1. The number of pyridine rings is 1. The summed E-state index contributed by atoms with van der Waals surface area (Å²) in [5, 5.41) is 2.81. The van der Waals surface area contributed by atoms with Crippen LogP contribution in [0.15, 0.2) is 16.7 Å². The van der Waals surface area contributed by atoms with Crippen molar-refractivity contribution in [1.29, 1.82) is 0 Å². The Bertz CT molecular complexity index is 451. The first-order valence-electron chi connectivity index (χ1n) is 5.94. The van der Waals surface area contributed by atoms with E-state index in [1.54, 1.807) is 12.3 Å². The summed E-state index contributed by atoms with van der Waals surface area (Å²) in [5.41, 5.74) is 2.36. The molecule has 19 heavy (non-hydrogen) atoms. The van der Waals surface area contributed by atoms with Gasteiger partial charge in [0, 0.05) is 23.8 Å². The van der Waals surface area contributed by atoms with Gasteiger partial charge in [-0.05, 0) is 42.8 Å². The molecule has 0 aliphatic rings. The van der Waals surface area contributed by atoms with E-state index in [-0.39, 0.29) is 5.91 Å². The maximum absolute atomic E-state index is 12.1. The molecular weight excluding hydrogens is 312 g/mol. The fourth-order valence-corrected chi connectivity index (χ4v) is 1.89. The van der Waals surface area contributed by atoms with Crippen LogP contribution in [-0.2, 0) is 4.74 Å². The van der Waals surface area contributed by atoms with Gasteiger partial charge >= 0.3 is 0 Å². The van der Waals surface area contributed by atoms with Gasteiger partial charge in [0.25, 0.3) is 5.91 Å². The van der Waals surface area contributed by atoms with Crippen LogP contribution < -0.4 is 16.6 Å². The number of ether oxygens (including phenoxy) is 1. The maximum atomic E-state index is 12.1. The highest BCUT2D eigenvalue weighted by Gasteiger charge is 2.20. The van der Waals surface area contributed by atoms with Gasteiger partial charge in [-0.1, -0.05) is 0 Å². The van der Waals surface area contributed by atoms with Crippen molar-refractivity contribution in [3.63, 3.8) is 0 Å². The molecule has 1 rings (SSSR count). The van der Waals surface area contributed by atoms with Crippen LogP contribution in [0.1, 0.15) is 31.1 Å². The van der Waals surface area contributed by atoms with Crippen molar-refractivity contribution in [2.24, 2.45) is 5.84 Å². The molecule has 1 aromatic rings. The van der Waals surface area contributed by atoms with Gasteiger partial charge in [-0.2, -0.15) is 0 Å². The number of aromatic nitrogens is 1. The normalized spacial score (nSPS) is 11.2. The van der Waals surface area contributed by atoms with Gasteiger partial charge in [0.05, 0.1) is 11.2 Å². The van der Waals surface area contributed by atoms with Gasteiger partial charge < -0.3 is 15.5 Å². The number of amides is 1. The van der Waals surface area contributed by atoms with Crippen molar-refractivity contribution in [3.8, 4) is 0 Å². The zero-order valence-electron chi connectivity index (χ0n) is 11.3. The number of carbonyl (C=O) groups excluding carboxylic acids is 1. The number of anilines is 1. The summed E-state index contributed by atoms with van der Waals surface area (Å²) in [6.45, 7) is 6.74. The lowest BCUT2D eigenvalue weighted by Crippen LogP contribution is -2.40. The Kier molecular flexibility index (Phi) is 5.71. The molecule has 0 saturated carbocycles. The summed E-state index contributed by atoms with van der Waals surface area (Å²) in [5.74, 6) is 5.41. The van der Waals surface area contributed by atoms with Crippen LogP contribution in [0.3, 0.4) is 0 Å². The minimum absolute atomic E-state index is 0.255. The lowest BCUT2D eigenvalue weighted by molar-refractivity contribution is -0.00815. The first-order valence-corrected chi connectivity index (χ1v) is 6.73. The summed E-state index contributed by atoms with van der Waals surface area (Å²) in [6, 6.07) is 1.66. The number of rotatable bonds is 6. The van der Waals surface area contributed by atoms with Crippen molar-refractivity contribution in [2.45, 2.75) is 26.4 Å². The van der Waals surface area contributed by atoms with Crippen molar-refractivity contribution in [2.75, 3.05) is 18.6 Å². The van der Waals surface area contributed by atoms with Crippen LogP contribution in [0.25, 0.3) is 0 Å². The topological polar surface area (TPSA) is 89.3 Å². The Labute approximate surface area is 121 Å². The molecule has 0 spiro atoms. The lowest BCUT2D eigenvalue weighted by atomic mass is 10.1. The molecule has 1 aromatic heterocycles. The largest absolute Gasteiger partial charge is 0.374 e. The van der Waals surface area contributed by atoms with Crippen molar-refractivity contribution < 1.29 is 9.53 Å². The van der Waals surface area contributed by atoms with E-state index < -0.39 is 5.60 Å². The number of halogens is 1. The molecule has 0 radical (unpaired) electrons. The first kappa shape index (κ1) is 15.9. The van der Waals surface area contributed by atoms with Gasteiger partial charge in [-0.3, -0.25) is 4.79 Å². The van der Waals surface area contributed by atoms with E-state index in [0.717, 1.165) is 0 Å². The van der Waals surface area contributed by atoms with E-state index in [1.807, 2.05) is 20.8 Å². The molecule has 0 unspecified atom stereocenters. The Morgan fingerprint density at radius 1 is 1.58 bits per heavy atom. The van der Waals surface area contributed by atoms with Crippen LogP contribution in [0.4, 0.5) is 5.82 Å². The molecule has 0 fully saturated rings.